The zero-order chi connectivity index (χ0) is 17.5. The second kappa shape index (κ2) is 9.20. The molecule has 1 aliphatic heterocycles. The lowest BCUT2D eigenvalue weighted by molar-refractivity contribution is 0.255. The van der Waals surface area contributed by atoms with Crippen LogP contribution >= 0.6 is 0 Å². The highest BCUT2D eigenvalue weighted by Gasteiger charge is 2.24. The van der Waals surface area contributed by atoms with Gasteiger partial charge in [0.05, 0.1) is 6.54 Å². The Morgan fingerprint density at radius 3 is 2.40 bits per heavy atom. The van der Waals surface area contributed by atoms with E-state index in [0.29, 0.717) is 12.0 Å². The fraction of sp³-hybridized carbons (Fsp3) is 0.714. The first-order valence-corrected chi connectivity index (χ1v) is 10.0. The van der Waals surface area contributed by atoms with Crippen LogP contribution in [0.2, 0.25) is 0 Å². The van der Waals surface area contributed by atoms with Crippen LogP contribution in [0.1, 0.15) is 57.4 Å². The van der Waals surface area contributed by atoms with E-state index in [4.69, 9.17) is 0 Å². The Labute approximate surface area is 153 Å². The molecule has 2 fully saturated rings. The highest BCUT2D eigenvalue weighted by Crippen LogP contribution is 2.28. The summed E-state index contributed by atoms with van der Waals surface area (Å²) in [6.07, 6.45) is 13.8. The van der Waals surface area contributed by atoms with Crippen molar-refractivity contribution in [3.8, 4) is 11.8 Å². The predicted molar refractivity (Wildman–Crippen MR) is 104 cm³/mol. The van der Waals surface area contributed by atoms with Crippen LogP contribution in [0.15, 0.2) is 12.4 Å². The van der Waals surface area contributed by atoms with Gasteiger partial charge in [-0.2, -0.15) is 0 Å². The monoisotopic (exact) mass is 340 g/mol. The highest BCUT2D eigenvalue weighted by atomic mass is 15.2. The Bertz CT molecular complexity index is 572. The smallest absolute Gasteiger partial charge is 0.225 e. The van der Waals surface area contributed by atoms with Crippen LogP contribution in [0.4, 0.5) is 5.95 Å². The first-order chi connectivity index (χ1) is 12.3. The van der Waals surface area contributed by atoms with E-state index in [1.165, 1.54) is 63.6 Å². The molecular formula is C21H32N4. The molecule has 1 aliphatic carbocycles. The molecule has 25 heavy (non-hydrogen) atoms. The third-order valence-corrected chi connectivity index (χ3v) is 5.72. The maximum atomic E-state index is 4.53. The largest absolute Gasteiger partial charge is 0.341 e. The zero-order valence-electron chi connectivity index (χ0n) is 15.9. The molecule has 1 saturated carbocycles. The van der Waals surface area contributed by atoms with Crippen molar-refractivity contribution in [1.29, 1.82) is 0 Å². The van der Waals surface area contributed by atoms with Crippen LogP contribution in [0.5, 0.6) is 0 Å². The average molecular weight is 341 g/mol. The first kappa shape index (κ1) is 18.2. The van der Waals surface area contributed by atoms with Gasteiger partial charge in [0, 0.05) is 31.4 Å². The van der Waals surface area contributed by atoms with E-state index in [9.17, 15) is 0 Å². The molecule has 0 atom stereocenters. The lowest BCUT2D eigenvalue weighted by Gasteiger charge is -2.33. The molecule has 0 amide bonds. The topological polar surface area (TPSA) is 32.3 Å². The highest BCUT2D eigenvalue weighted by molar-refractivity contribution is 5.30. The number of piperidine rings is 1. The Kier molecular flexibility index (Phi) is 6.69. The summed E-state index contributed by atoms with van der Waals surface area (Å²) in [5, 5.41) is 0. The van der Waals surface area contributed by atoms with E-state index in [1.807, 2.05) is 12.4 Å². The van der Waals surface area contributed by atoms with Gasteiger partial charge in [0.25, 0.3) is 0 Å². The number of likely N-dealkylation sites (tertiary alicyclic amines) is 1. The Morgan fingerprint density at radius 1 is 1.08 bits per heavy atom. The van der Waals surface area contributed by atoms with Gasteiger partial charge in [-0.3, -0.25) is 4.90 Å². The van der Waals surface area contributed by atoms with Crippen LogP contribution in [0, 0.1) is 17.8 Å². The minimum absolute atomic E-state index is 0.549. The standard InChI is InChI=1S/C21H32N4/c1-3-18-16-22-21(23-17-18)24(2)20-11-9-19(10-12-20)8-7-15-25-13-5-4-6-14-25/h16-17,19-20H,3-6,9-15H2,1-2H3/t19-,20-. The molecule has 1 saturated heterocycles. The molecule has 0 bridgehead atoms. The summed E-state index contributed by atoms with van der Waals surface area (Å²) in [4.78, 5) is 13.8. The van der Waals surface area contributed by atoms with E-state index in [0.717, 1.165) is 18.9 Å². The van der Waals surface area contributed by atoms with Gasteiger partial charge in [0.15, 0.2) is 0 Å². The van der Waals surface area contributed by atoms with Crippen molar-refractivity contribution in [3.05, 3.63) is 18.0 Å². The summed E-state index contributed by atoms with van der Waals surface area (Å²) < 4.78 is 0. The molecule has 0 unspecified atom stereocenters. The SMILES string of the molecule is CCc1cnc(N(C)[C@H]2CC[C@H](C#CCN3CCCCC3)CC2)nc1. The average Bonchev–Trinajstić information content (AvgIpc) is 2.69. The maximum absolute atomic E-state index is 4.53. The molecule has 4 heteroatoms. The lowest BCUT2D eigenvalue weighted by atomic mass is 9.86. The fourth-order valence-corrected chi connectivity index (χ4v) is 3.90. The van der Waals surface area contributed by atoms with Crippen molar-refractivity contribution in [2.75, 3.05) is 31.6 Å². The van der Waals surface area contributed by atoms with Crippen LogP contribution in [-0.2, 0) is 6.42 Å². The van der Waals surface area contributed by atoms with E-state index in [-0.39, 0.29) is 0 Å². The van der Waals surface area contributed by atoms with Gasteiger partial charge in [-0.1, -0.05) is 25.2 Å². The molecule has 4 nitrogen and oxygen atoms in total. The van der Waals surface area contributed by atoms with Gasteiger partial charge in [-0.25, -0.2) is 9.97 Å². The summed E-state index contributed by atoms with van der Waals surface area (Å²) in [6, 6.07) is 0.549. The molecule has 2 heterocycles. The Balaban J connectivity index is 1.44. The van der Waals surface area contributed by atoms with Crippen LogP contribution in [0.3, 0.4) is 0 Å². The normalized spacial score (nSPS) is 24.4. The van der Waals surface area contributed by atoms with Gasteiger partial charge < -0.3 is 4.90 Å². The van der Waals surface area contributed by atoms with Gasteiger partial charge in [0.2, 0.25) is 5.95 Å². The third-order valence-electron chi connectivity index (χ3n) is 5.72. The zero-order valence-corrected chi connectivity index (χ0v) is 15.9. The summed E-state index contributed by atoms with van der Waals surface area (Å²) in [5.41, 5.74) is 1.20. The van der Waals surface area contributed by atoms with Crippen molar-refractivity contribution < 1.29 is 0 Å². The quantitative estimate of drug-likeness (QED) is 0.785. The maximum Gasteiger partial charge on any atom is 0.225 e. The van der Waals surface area contributed by atoms with Crippen molar-refractivity contribution >= 4 is 5.95 Å². The number of aryl methyl sites for hydroxylation is 1. The predicted octanol–water partition coefficient (Wildman–Crippen LogP) is 3.52. The number of rotatable bonds is 4. The summed E-state index contributed by atoms with van der Waals surface area (Å²) >= 11 is 0. The number of nitrogens with zero attached hydrogens (tertiary/aromatic N) is 4. The van der Waals surface area contributed by atoms with E-state index in [1.54, 1.807) is 0 Å². The van der Waals surface area contributed by atoms with Crippen molar-refractivity contribution in [3.63, 3.8) is 0 Å². The van der Waals surface area contributed by atoms with Crippen LogP contribution < -0.4 is 4.90 Å². The Hall–Kier alpha value is -1.60. The van der Waals surface area contributed by atoms with Gasteiger partial charge in [-0.15, -0.1) is 0 Å². The summed E-state index contributed by atoms with van der Waals surface area (Å²) in [7, 11) is 2.13. The molecule has 136 valence electrons. The molecular weight excluding hydrogens is 308 g/mol. The van der Waals surface area contributed by atoms with Crippen LogP contribution in [-0.4, -0.2) is 47.6 Å². The lowest BCUT2D eigenvalue weighted by Crippen LogP contribution is -2.36. The van der Waals surface area contributed by atoms with Crippen molar-refractivity contribution in [2.24, 2.45) is 5.92 Å². The number of hydrogen-bond donors (Lipinski definition) is 0. The molecule has 0 N–H and O–H groups in total. The fourth-order valence-electron chi connectivity index (χ4n) is 3.90. The molecule has 1 aromatic rings. The third kappa shape index (κ3) is 5.19. The van der Waals surface area contributed by atoms with Gasteiger partial charge >= 0.3 is 0 Å². The van der Waals surface area contributed by atoms with Gasteiger partial charge in [-0.05, 0) is 63.6 Å². The van der Waals surface area contributed by atoms with Crippen molar-refractivity contribution in [2.45, 2.75) is 64.3 Å². The summed E-state index contributed by atoms with van der Waals surface area (Å²) in [5.74, 6) is 8.43. The van der Waals surface area contributed by atoms with Crippen LogP contribution in [0.25, 0.3) is 0 Å². The second-order valence-electron chi connectivity index (χ2n) is 7.52. The second-order valence-corrected chi connectivity index (χ2v) is 7.52. The first-order valence-electron chi connectivity index (χ1n) is 10.0. The molecule has 3 rings (SSSR count). The van der Waals surface area contributed by atoms with E-state index >= 15 is 0 Å². The van der Waals surface area contributed by atoms with Crippen molar-refractivity contribution in [1.82, 2.24) is 14.9 Å². The Morgan fingerprint density at radius 2 is 1.76 bits per heavy atom. The number of anilines is 1. The molecule has 0 radical (unpaired) electrons. The van der Waals surface area contributed by atoms with Gasteiger partial charge in [0.1, 0.15) is 0 Å². The molecule has 2 aliphatic rings. The number of hydrogen-bond acceptors (Lipinski definition) is 4. The van der Waals surface area contributed by atoms with E-state index in [2.05, 4.69) is 45.6 Å². The minimum Gasteiger partial charge on any atom is -0.341 e. The molecule has 0 spiro atoms. The van der Waals surface area contributed by atoms with E-state index < -0.39 is 0 Å². The number of aromatic nitrogens is 2. The minimum atomic E-state index is 0.549. The summed E-state index contributed by atoms with van der Waals surface area (Å²) in [6.45, 7) is 5.58. The molecule has 1 aromatic heterocycles. The molecule has 0 aromatic carbocycles.